The topological polar surface area (TPSA) is 70.8 Å². The zero-order valence-corrected chi connectivity index (χ0v) is 12.6. The van der Waals surface area contributed by atoms with E-state index in [9.17, 15) is 10.1 Å². The zero-order valence-electron chi connectivity index (χ0n) is 11.6. The molecule has 0 saturated heterocycles. The van der Waals surface area contributed by atoms with E-state index in [0.29, 0.717) is 6.42 Å². The van der Waals surface area contributed by atoms with Crippen molar-refractivity contribution in [2.24, 2.45) is 5.92 Å². The van der Waals surface area contributed by atoms with E-state index in [2.05, 4.69) is 19.6 Å². The van der Waals surface area contributed by atoms with Crippen LogP contribution in [0.4, 0.5) is 0 Å². The van der Waals surface area contributed by atoms with Gasteiger partial charge in [0.15, 0.2) is 6.10 Å². The molecule has 1 aliphatic carbocycles. The summed E-state index contributed by atoms with van der Waals surface area (Å²) in [6.45, 7) is 6.23. The Balaban J connectivity index is 2.33. The lowest BCUT2D eigenvalue weighted by atomic mass is 9.83. The van der Waals surface area contributed by atoms with Crippen molar-refractivity contribution in [3.8, 4) is 0 Å². The summed E-state index contributed by atoms with van der Waals surface area (Å²) < 4.78 is 16.5. The summed E-state index contributed by atoms with van der Waals surface area (Å²) >= 11 is 0. The van der Waals surface area contributed by atoms with E-state index in [1.165, 1.54) is 13.4 Å². The first kappa shape index (κ1) is 14.1. The molecule has 0 aromatic rings. The summed E-state index contributed by atoms with van der Waals surface area (Å²) in [5.41, 5.74) is -1.54. The minimum Gasteiger partial charge on any atom is -0.547 e. The normalized spacial score (nSPS) is 33.4. The lowest BCUT2D eigenvalue weighted by Crippen LogP contribution is -2.56. The lowest BCUT2D eigenvalue weighted by Gasteiger charge is -2.36. The molecule has 0 unspecified atom stereocenters. The standard InChI is InChI=1S/C12H19NO5Si/c1-16-11-8-10(18-19(2,3)4)7-9-5-6-17-12(9,11)13(14)15/h5-6,8-9,11H,7H2,1-4H3/t9-,11-,12-/m1/s1. The number of methoxy groups -OCH3 is 1. The second-order valence-corrected chi connectivity index (χ2v) is 10.2. The van der Waals surface area contributed by atoms with Gasteiger partial charge in [-0.15, -0.1) is 0 Å². The van der Waals surface area contributed by atoms with Gasteiger partial charge in [-0.2, -0.15) is 0 Å². The molecule has 6 nitrogen and oxygen atoms in total. The van der Waals surface area contributed by atoms with E-state index in [4.69, 9.17) is 13.9 Å². The fourth-order valence-electron chi connectivity index (χ4n) is 2.52. The third-order valence-electron chi connectivity index (χ3n) is 3.24. The van der Waals surface area contributed by atoms with Gasteiger partial charge in [0.2, 0.25) is 8.32 Å². The maximum absolute atomic E-state index is 11.4. The highest BCUT2D eigenvalue weighted by molar-refractivity contribution is 6.70. The van der Waals surface area contributed by atoms with Crippen molar-refractivity contribution in [1.29, 1.82) is 0 Å². The Kier molecular flexibility index (Phi) is 3.44. The Morgan fingerprint density at radius 2 is 2.21 bits per heavy atom. The van der Waals surface area contributed by atoms with Crippen LogP contribution in [0.1, 0.15) is 6.42 Å². The molecule has 2 rings (SSSR count). The van der Waals surface area contributed by atoms with E-state index in [1.807, 2.05) is 0 Å². The molecule has 0 radical (unpaired) electrons. The van der Waals surface area contributed by atoms with E-state index in [-0.39, 0.29) is 5.92 Å². The minimum atomic E-state index is -1.74. The van der Waals surface area contributed by atoms with E-state index in [0.717, 1.165) is 5.76 Å². The third-order valence-corrected chi connectivity index (χ3v) is 4.12. The van der Waals surface area contributed by atoms with Crippen molar-refractivity contribution >= 4 is 8.32 Å². The molecule has 0 N–H and O–H groups in total. The average molecular weight is 285 g/mol. The predicted octanol–water partition coefficient (Wildman–Crippen LogP) is 2.27. The van der Waals surface area contributed by atoms with Crippen LogP contribution < -0.4 is 0 Å². The highest BCUT2D eigenvalue weighted by atomic mass is 28.4. The molecule has 106 valence electrons. The molecule has 0 aromatic carbocycles. The number of ether oxygens (including phenoxy) is 2. The molecule has 0 amide bonds. The van der Waals surface area contributed by atoms with Gasteiger partial charge in [0.05, 0.1) is 16.9 Å². The lowest BCUT2D eigenvalue weighted by molar-refractivity contribution is -0.640. The molecule has 2 aliphatic rings. The molecule has 0 saturated carbocycles. The summed E-state index contributed by atoms with van der Waals surface area (Å²) in [5, 5.41) is 11.4. The first-order chi connectivity index (χ1) is 8.79. The van der Waals surface area contributed by atoms with Gasteiger partial charge in [0, 0.05) is 13.5 Å². The van der Waals surface area contributed by atoms with Gasteiger partial charge in [-0.3, -0.25) is 10.1 Å². The van der Waals surface area contributed by atoms with E-state index < -0.39 is 25.1 Å². The van der Waals surface area contributed by atoms with Crippen molar-refractivity contribution in [3.05, 3.63) is 34.3 Å². The van der Waals surface area contributed by atoms with Crippen molar-refractivity contribution in [2.45, 2.75) is 37.9 Å². The number of hydrogen-bond acceptors (Lipinski definition) is 5. The summed E-state index contributed by atoms with van der Waals surface area (Å²) in [5.74, 6) is 0.410. The van der Waals surface area contributed by atoms with Crippen LogP contribution in [-0.2, 0) is 13.9 Å². The smallest absolute Gasteiger partial charge is 0.399 e. The van der Waals surface area contributed by atoms with Crippen molar-refractivity contribution in [2.75, 3.05) is 7.11 Å². The van der Waals surface area contributed by atoms with E-state index >= 15 is 0 Å². The number of fused-ring (bicyclic) bond motifs is 1. The summed E-state index contributed by atoms with van der Waals surface area (Å²) in [4.78, 5) is 11.0. The van der Waals surface area contributed by atoms with Gasteiger partial charge < -0.3 is 13.9 Å². The number of nitro groups is 1. The Hall–Kier alpha value is -1.34. The van der Waals surface area contributed by atoms with Crippen LogP contribution in [0, 0.1) is 16.0 Å². The van der Waals surface area contributed by atoms with Gasteiger partial charge in [-0.05, 0) is 31.8 Å². The maximum Gasteiger partial charge on any atom is 0.399 e. The largest absolute Gasteiger partial charge is 0.547 e. The monoisotopic (exact) mass is 285 g/mol. The third kappa shape index (κ3) is 2.39. The fraction of sp³-hybridized carbons (Fsp3) is 0.667. The molecule has 3 atom stereocenters. The Bertz CT molecular complexity index is 442. The maximum atomic E-state index is 11.4. The molecule has 7 heteroatoms. The molecule has 1 aliphatic heterocycles. The van der Waals surface area contributed by atoms with E-state index in [1.54, 1.807) is 12.2 Å². The van der Waals surface area contributed by atoms with Crippen molar-refractivity contribution < 1.29 is 18.8 Å². The van der Waals surface area contributed by atoms with Crippen molar-refractivity contribution in [1.82, 2.24) is 0 Å². The quantitative estimate of drug-likeness (QED) is 0.450. The molecule has 1 heterocycles. The molecule has 0 fully saturated rings. The van der Waals surface area contributed by atoms with Crippen molar-refractivity contribution in [3.63, 3.8) is 0 Å². The van der Waals surface area contributed by atoms with Gasteiger partial charge in [0.1, 0.15) is 5.92 Å². The minimum absolute atomic E-state index is 0.358. The highest BCUT2D eigenvalue weighted by Gasteiger charge is 2.63. The van der Waals surface area contributed by atoms with Crippen LogP contribution in [0.15, 0.2) is 24.2 Å². The fourth-order valence-corrected chi connectivity index (χ4v) is 3.46. The van der Waals surface area contributed by atoms with Gasteiger partial charge in [0.25, 0.3) is 0 Å². The second-order valence-electron chi connectivity index (χ2n) is 5.77. The first-order valence-electron chi connectivity index (χ1n) is 6.21. The highest BCUT2D eigenvalue weighted by Crippen LogP contribution is 2.43. The average Bonchev–Trinajstić information content (AvgIpc) is 2.70. The van der Waals surface area contributed by atoms with Gasteiger partial charge >= 0.3 is 5.72 Å². The van der Waals surface area contributed by atoms with Crippen LogP contribution in [0.3, 0.4) is 0 Å². The predicted molar refractivity (Wildman–Crippen MR) is 71.4 cm³/mol. The summed E-state index contributed by atoms with van der Waals surface area (Å²) in [7, 11) is -0.294. The molecule has 19 heavy (non-hydrogen) atoms. The van der Waals surface area contributed by atoms with Crippen LogP contribution >= 0.6 is 0 Å². The number of nitrogens with zero attached hydrogens (tertiary/aromatic N) is 1. The zero-order chi connectivity index (χ0) is 14.3. The molecule has 0 bridgehead atoms. The van der Waals surface area contributed by atoms with Crippen LogP contribution in [0.2, 0.25) is 19.6 Å². The molecule has 0 spiro atoms. The summed E-state index contributed by atoms with van der Waals surface area (Å²) in [6, 6.07) is 0. The molecular weight excluding hydrogens is 266 g/mol. The second kappa shape index (κ2) is 4.64. The van der Waals surface area contributed by atoms with Crippen LogP contribution in [0.5, 0.6) is 0 Å². The Labute approximate surface area is 113 Å². The molecule has 0 aromatic heterocycles. The number of rotatable bonds is 4. The van der Waals surface area contributed by atoms with Gasteiger partial charge in [-0.25, -0.2) is 0 Å². The summed E-state index contributed by atoms with van der Waals surface area (Å²) in [6.07, 6.45) is 4.52. The first-order valence-corrected chi connectivity index (χ1v) is 9.62. The number of hydrogen-bond donors (Lipinski definition) is 0. The van der Waals surface area contributed by atoms with Crippen LogP contribution in [-0.4, -0.2) is 32.2 Å². The van der Waals surface area contributed by atoms with Crippen LogP contribution in [0.25, 0.3) is 0 Å². The number of allylic oxidation sites excluding steroid dienone is 1. The molecular formula is C12H19NO5Si. The van der Waals surface area contributed by atoms with Gasteiger partial charge in [-0.1, -0.05) is 0 Å². The Morgan fingerprint density at radius 3 is 2.74 bits per heavy atom. The SMILES string of the molecule is CO[C@@H]1C=C(O[Si](C)(C)C)C[C@H]2C=CO[C@]21[N+](=O)[O-]. The Morgan fingerprint density at radius 1 is 1.53 bits per heavy atom.